The molecule has 1 aromatic carbocycles. The molecule has 0 heterocycles. The number of hydrogen-bond acceptors (Lipinski definition) is 2. The monoisotopic (exact) mass is 267 g/mol. The lowest BCUT2D eigenvalue weighted by Gasteiger charge is -2.15. The zero-order chi connectivity index (χ0) is 13.7. The van der Waals surface area contributed by atoms with E-state index in [0.717, 1.165) is 17.7 Å². The summed E-state index contributed by atoms with van der Waals surface area (Å²) in [7, 11) is -0.810. The lowest BCUT2D eigenvalue weighted by Crippen LogP contribution is -2.21. The molecule has 18 heavy (non-hydrogen) atoms. The van der Waals surface area contributed by atoms with E-state index in [4.69, 9.17) is 5.73 Å². The molecule has 2 atom stereocenters. The summed E-state index contributed by atoms with van der Waals surface area (Å²) in [5, 5.41) is 0. The Hall–Kier alpha value is -0.670. The Morgan fingerprint density at radius 1 is 1.28 bits per heavy atom. The predicted octanol–water partition coefficient (Wildman–Crippen LogP) is 3.10. The summed E-state index contributed by atoms with van der Waals surface area (Å²) in [6.07, 6.45) is 1.01. The van der Waals surface area contributed by atoms with Crippen molar-refractivity contribution in [1.82, 2.24) is 0 Å². The number of benzene rings is 1. The summed E-state index contributed by atoms with van der Waals surface area (Å²) >= 11 is 0. The van der Waals surface area contributed by atoms with Gasteiger partial charge in [0.1, 0.15) is 0 Å². The maximum absolute atomic E-state index is 11.9. The molecule has 0 saturated carbocycles. The molecule has 0 amide bonds. The molecule has 3 heteroatoms. The maximum Gasteiger partial charge on any atom is 0.0428 e. The van der Waals surface area contributed by atoms with E-state index < -0.39 is 10.8 Å². The quantitative estimate of drug-likeness (QED) is 0.860. The van der Waals surface area contributed by atoms with Crippen LogP contribution in [-0.4, -0.2) is 15.7 Å². The summed E-state index contributed by atoms with van der Waals surface area (Å²) in [6.45, 7) is 8.45. The molecule has 2 unspecified atom stereocenters. The predicted molar refractivity (Wildman–Crippen MR) is 80.2 cm³/mol. The van der Waals surface area contributed by atoms with Crippen LogP contribution in [-0.2, 0) is 10.8 Å². The van der Waals surface area contributed by atoms with Crippen LogP contribution in [0.5, 0.6) is 0 Å². The highest BCUT2D eigenvalue weighted by Crippen LogP contribution is 2.18. The van der Waals surface area contributed by atoms with E-state index in [1.165, 1.54) is 11.1 Å². The first-order chi connectivity index (χ1) is 8.40. The van der Waals surface area contributed by atoms with E-state index in [1.54, 1.807) is 0 Å². The summed E-state index contributed by atoms with van der Waals surface area (Å²) < 4.78 is 11.9. The van der Waals surface area contributed by atoms with Gasteiger partial charge in [-0.1, -0.05) is 37.6 Å². The highest BCUT2D eigenvalue weighted by Gasteiger charge is 2.13. The van der Waals surface area contributed by atoms with E-state index in [9.17, 15) is 4.21 Å². The SMILES string of the molecule is Cc1ccc(C(N)CS(=O)CCC(C)C)c(C)c1. The number of rotatable bonds is 6. The van der Waals surface area contributed by atoms with Crippen molar-refractivity contribution in [3.8, 4) is 0 Å². The van der Waals surface area contributed by atoms with Crippen molar-refractivity contribution in [3.05, 3.63) is 34.9 Å². The highest BCUT2D eigenvalue weighted by molar-refractivity contribution is 7.85. The van der Waals surface area contributed by atoms with E-state index in [2.05, 4.69) is 45.9 Å². The topological polar surface area (TPSA) is 43.1 Å². The molecule has 0 aliphatic carbocycles. The van der Waals surface area contributed by atoms with Gasteiger partial charge in [0.25, 0.3) is 0 Å². The van der Waals surface area contributed by atoms with Gasteiger partial charge >= 0.3 is 0 Å². The molecular weight excluding hydrogens is 242 g/mol. The normalized spacial score (nSPS) is 14.8. The van der Waals surface area contributed by atoms with Crippen LogP contribution in [0.15, 0.2) is 18.2 Å². The van der Waals surface area contributed by atoms with Gasteiger partial charge in [0.15, 0.2) is 0 Å². The van der Waals surface area contributed by atoms with Crippen LogP contribution >= 0.6 is 0 Å². The Bertz CT molecular complexity index is 415. The Labute approximate surface area is 113 Å². The van der Waals surface area contributed by atoms with Gasteiger partial charge in [-0.25, -0.2) is 0 Å². The summed E-state index contributed by atoms with van der Waals surface area (Å²) in [5.41, 5.74) is 9.72. The third kappa shape index (κ3) is 4.91. The van der Waals surface area contributed by atoms with Crippen molar-refractivity contribution in [2.45, 2.75) is 40.2 Å². The third-order valence-corrected chi connectivity index (χ3v) is 4.54. The molecular formula is C15H25NOS. The van der Waals surface area contributed by atoms with Crippen molar-refractivity contribution in [2.75, 3.05) is 11.5 Å². The largest absolute Gasteiger partial charge is 0.323 e. The molecule has 0 fully saturated rings. The van der Waals surface area contributed by atoms with Gasteiger partial charge in [-0.3, -0.25) is 4.21 Å². The number of hydrogen-bond donors (Lipinski definition) is 1. The van der Waals surface area contributed by atoms with Gasteiger partial charge in [-0.2, -0.15) is 0 Å². The van der Waals surface area contributed by atoms with Crippen LogP contribution in [0.1, 0.15) is 43.0 Å². The minimum atomic E-state index is -0.810. The van der Waals surface area contributed by atoms with Crippen LogP contribution in [0.3, 0.4) is 0 Å². The van der Waals surface area contributed by atoms with E-state index in [1.807, 2.05) is 0 Å². The molecule has 2 nitrogen and oxygen atoms in total. The first kappa shape index (κ1) is 15.4. The first-order valence-corrected chi connectivity index (χ1v) is 8.06. The molecule has 0 bridgehead atoms. The summed E-state index contributed by atoms with van der Waals surface area (Å²) in [6, 6.07) is 6.15. The fourth-order valence-electron chi connectivity index (χ4n) is 1.98. The molecule has 102 valence electrons. The van der Waals surface area contributed by atoms with Gasteiger partial charge in [-0.15, -0.1) is 0 Å². The molecule has 0 saturated heterocycles. The Balaban J connectivity index is 2.59. The van der Waals surface area contributed by atoms with Gasteiger partial charge in [0.05, 0.1) is 0 Å². The molecule has 0 spiro atoms. The second-order valence-electron chi connectivity index (χ2n) is 5.46. The van der Waals surface area contributed by atoms with Crippen LogP contribution in [0.25, 0.3) is 0 Å². The first-order valence-electron chi connectivity index (χ1n) is 6.58. The van der Waals surface area contributed by atoms with Crippen molar-refractivity contribution in [2.24, 2.45) is 11.7 Å². The van der Waals surface area contributed by atoms with Crippen molar-refractivity contribution < 1.29 is 4.21 Å². The third-order valence-electron chi connectivity index (χ3n) is 3.11. The standard InChI is InChI=1S/C15H25NOS/c1-11(2)7-8-18(17)10-15(16)14-6-5-12(3)9-13(14)4/h5-6,9,11,15H,7-8,10,16H2,1-4H3. The molecule has 1 aromatic rings. The smallest absolute Gasteiger partial charge is 0.0428 e. The molecule has 0 radical (unpaired) electrons. The second-order valence-corrected chi connectivity index (χ2v) is 7.08. The average Bonchev–Trinajstić information content (AvgIpc) is 2.26. The van der Waals surface area contributed by atoms with Crippen molar-refractivity contribution in [1.29, 1.82) is 0 Å². The van der Waals surface area contributed by atoms with Crippen molar-refractivity contribution in [3.63, 3.8) is 0 Å². The highest BCUT2D eigenvalue weighted by atomic mass is 32.2. The van der Waals surface area contributed by atoms with E-state index in [-0.39, 0.29) is 6.04 Å². The van der Waals surface area contributed by atoms with Gasteiger partial charge in [0, 0.05) is 28.3 Å². The lowest BCUT2D eigenvalue weighted by atomic mass is 10.0. The van der Waals surface area contributed by atoms with Gasteiger partial charge < -0.3 is 5.73 Å². The maximum atomic E-state index is 11.9. The Kier molecular flexibility index (Phi) is 6.03. The summed E-state index contributed by atoms with van der Waals surface area (Å²) in [4.78, 5) is 0. The van der Waals surface area contributed by atoms with E-state index >= 15 is 0 Å². The summed E-state index contributed by atoms with van der Waals surface area (Å²) in [5.74, 6) is 1.93. The van der Waals surface area contributed by atoms with Gasteiger partial charge in [-0.05, 0) is 37.3 Å². The molecule has 0 aromatic heterocycles. The molecule has 0 aliphatic rings. The number of nitrogens with two attached hydrogens (primary N) is 1. The fraction of sp³-hybridized carbons (Fsp3) is 0.600. The second kappa shape index (κ2) is 7.05. The zero-order valence-corrected chi connectivity index (χ0v) is 12.7. The molecule has 1 rings (SSSR count). The van der Waals surface area contributed by atoms with Crippen LogP contribution in [0.4, 0.5) is 0 Å². The average molecular weight is 267 g/mol. The van der Waals surface area contributed by atoms with Crippen LogP contribution in [0, 0.1) is 19.8 Å². The minimum Gasteiger partial charge on any atom is -0.323 e. The van der Waals surface area contributed by atoms with Crippen molar-refractivity contribution >= 4 is 10.8 Å². The lowest BCUT2D eigenvalue weighted by molar-refractivity contribution is 0.617. The Morgan fingerprint density at radius 2 is 1.94 bits per heavy atom. The molecule has 2 N–H and O–H groups in total. The fourth-order valence-corrected chi connectivity index (χ4v) is 3.46. The van der Waals surface area contributed by atoms with Gasteiger partial charge in [0.2, 0.25) is 0 Å². The zero-order valence-electron chi connectivity index (χ0n) is 11.9. The Morgan fingerprint density at radius 3 is 2.50 bits per heavy atom. The minimum absolute atomic E-state index is 0.112. The number of aryl methyl sites for hydroxylation is 2. The molecule has 0 aliphatic heterocycles. The van der Waals surface area contributed by atoms with Crippen LogP contribution in [0.2, 0.25) is 0 Å². The van der Waals surface area contributed by atoms with E-state index in [0.29, 0.717) is 11.7 Å². The van der Waals surface area contributed by atoms with Crippen LogP contribution < -0.4 is 5.73 Å².